The van der Waals surface area contributed by atoms with Gasteiger partial charge in [0.1, 0.15) is 28.1 Å². The lowest BCUT2D eigenvalue weighted by molar-refractivity contribution is 0.299. The van der Waals surface area contributed by atoms with Crippen LogP contribution in [-0.4, -0.2) is 16.2 Å². The van der Waals surface area contributed by atoms with Gasteiger partial charge in [-0.05, 0) is 31.2 Å². The van der Waals surface area contributed by atoms with Gasteiger partial charge in [-0.25, -0.2) is 0 Å². The summed E-state index contributed by atoms with van der Waals surface area (Å²) in [6.07, 6.45) is 0. The minimum Gasteiger partial charge on any atom is -0.494 e. The highest BCUT2D eigenvalue weighted by atomic mass is 35.5. The van der Waals surface area contributed by atoms with Crippen molar-refractivity contribution in [3.8, 4) is 11.5 Å². The lowest BCUT2D eigenvalue weighted by Gasteiger charge is -2.06. The van der Waals surface area contributed by atoms with E-state index in [1.165, 1.54) is 0 Å². The van der Waals surface area contributed by atoms with Gasteiger partial charge in [-0.15, -0.1) is 5.10 Å². The van der Waals surface area contributed by atoms with Crippen molar-refractivity contribution in [1.82, 2.24) is 9.59 Å². The van der Waals surface area contributed by atoms with Crippen LogP contribution in [-0.2, 0) is 6.61 Å². The number of ether oxygens (including phenoxy) is 2. The lowest BCUT2D eigenvalue weighted by atomic mass is 10.3. The fraction of sp³-hybridized carbons (Fsp3) is 0.273. The van der Waals surface area contributed by atoms with Gasteiger partial charge in [-0.3, -0.25) is 0 Å². The molecule has 0 aliphatic rings. The molecule has 0 spiro atoms. The maximum atomic E-state index is 5.87. The Hall–Kier alpha value is -1.33. The summed E-state index contributed by atoms with van der Waals surface area (Å²) >= 11 is 7.02. The van der Waals surface area contributed by atoms with Crippen LogP contribution in [0.3, 0.4) is 0 Å². The van der Waals surface area contributed by atoms with Crippen LogP contribution in [0.4, 0.5) is 0 Å². The molecular formula is C11H11ClN2O2S. The molecule has 0 aliphatic heterocycles. The molecule has 2 aromatic rings. The quantitative estimate of drug-likeness (QED) is 0.837. The Morgan fingerprint density at radius 1 is 1.18 bits per heavy atom. The number of aromatic nitrogens is 2. The Kier molecular flexibility index (Phi) is 4.17. The predicted octanol–water partition coefficient (Wildman–Crippen LogP) is 3.17. The second-order valence-corrected chi connectivity index (χ2v) is 4.54. The van der Waals surface area contributed by atoms with Crippen molar-refractivity contribution in [3.05, 3.63) is 34.3 Å². The highest BCUT2D eigenvalue weighted by Gasteiger charge is 2.05. The van der Waals surface area contributed by atoms with Gasteiger partial charge in [0.2, 0.25) is 0 Å². The number of rotatable bonds is 5. The lowest BCUT2D eigenvalue weighted by Crippen LogP contribution is -1.97. The third kappa shape index (κ3) is 3.31. The fourth-order valence-corrected chi connectivity index (χ4v) is 1.83. The first-order chi connectivity index (χ1) is 8.29. The Morgan fingerprint density at radius 3 is 2.35 bits per heavy atom. The summed E-state index contributed by atoms with van der Waals surface area (Å²) < 4.78 is 15.2. The molecule has 1 aromatic carbocycles. The van der Waals surface area contributed by atoms with E-state index in [1.54, 1.807) is 0 Å². The highest BCUT2D eigenvalue weighted by Crippen LogP contribution is 2.21. The number of benzene rings is 1. The van der Waals surface area contributed by atoms with Crippen LogP contribution in [0.25, 0.3) is 0 Å². The zero-order chi connectivity index (χ0) is 12.1. The Labute approximate surface area is 108 Å². The number of halogens is 1. The molecular weight excluding hydrogens is 260 g/mol. The molecule has 0 radical (unpaired) electrons. The fourth-order valence-electron chi connectivity index (χ4n) is 1.23. The topological polar surface area (TPSA) is 44.2 Å². The van der Waals surface area contributed by atoms with Crippen molar-refractivity contribution >= 4 is 23.1 Å². The van der Waals surface area contributed by atoms with Crippen LogP contribution in [0, 0.1) is 0 Å². The van der Waals surface area contributed by atoms with Gasteiger partial charge in [0, 0.05) is 11.5 Å². The van der Waals surface area contributed by atoms with Crippen molar-refractivity contribution in [2.45, 2.75) is 13.5 Å². The van der Waals surface area contributed by atoms with Gasteiger partial charge in [0.15, 0.2) is 0 Å². The van der Waals surface area contributed by atoms with Crippen molar-refractivity contribution in [3.63, 3.8) is 0 Å². The Morgan fingerprint density at radius 2 is 1.82 bits per heavy atom. The summed E-state index contributed by atoms with van der Waals surface area (Å²) in [7, 11) is 0. The van der Waals surface area contributed by atoms with Crippen molar-refractivity contribution < 1.29 is 9.47 Å². The monoisotopic (exact) mass is 270 g/mol. The van der Waals surface area contributed by atoms with Crippen LogP contribution < -0.4 is 9.47 Å². The van der Waals surface area contributed by atoms with Crippen LogP contribution in [0.15, 0.2) is 24.3 Å². The molecule has 4 nitrogen and oxygen atoms in total. The van der Waals surface area contributed by atoms with Gasteiger partial charge in [-0.1, -0.05) is 16.1 Å². The molecule has 0 unspecified atom stereocenters. The molecule has 2 rings (SSSR count). The molecule has 0 N–H and O–H groups in total. The van der Waals surface area contributed by atoms with E-state index in [-0.39, 0.29) is 0 Å². The van der Waals surface area contributed by atoms with Gasteiger partial charge in [-0.2, -0.15) is 0 Å². The summed E-state index contributed by atoms with van der Waals surface area (Å²) in [4.78, 5) is 0. The summed E-state index contributed by atoms with van der Waals surface area (Å²) in [5.74, 6) is 1.57. The SMILES string of the molecule is CCOc1ccc(OCc2nnsc2Cl)cc1. The van der Waals surface area contributed by atoms with Crippen LogP contribution >= 0.6 is 23.1 Å². The second kappa shape index (κ2) is 5.84. The first kappa shape index (κ1) is 12.1. The largest absolute Gasteiger partial charge is 0.494 e. The molecule has 90 valence electrons. The average molecular weight is 271 g/mol. The van der Waals surface area contributed by atoms with E-state index in [2.05, 4.69) is 9.59 Å². The third-order valence-electron chi connectivity index (χ3n) is 2.02. The average Bonchev–Trinajstić information content (AvgIpc) is 2.75. The molecule has 6 heteroatoms. The smallest absolute Gasteiger partial charge is 0.141 e. The number of hydrogen-bond acceptors (Lipinski definition) is 5. The molecule has 0 saturated carbocycles. The van der Waals surface area contributed by atoms with E-state index >= 15 is 0 Å². The van der Waals surface area contributed by atoms with Crippen LogP contribution in [0.5, 0.6) is 11.5 Å². The standard InChI is InChI=1S/C11H11ClN2O2S/c1-2-15-8-3-5-9(6-4-8)16-7-10-11(12)17-14-13-10/h3-6H,2,7H2,1H3. The Balaban J connectivity index is 1.93. The molecule has 0 bridgehead atoms. The number of nitrogens with zero attached hydrogens (tertiary/aromatic N) is 2. The van der Waals surface area contributed by atoms with Gasteiger partial charge >= 0.3 is 0 Å². The molecule has 0 aliphatic carbocycles. The minimum absolute atomic E-state index is 0.323. The first-order valence-corrected chi connectivity index (χ1v) is 6.27. The maximum absolute atomic E-state index is 5.87. The zero-order valence-corrected chi connectivity index (χ0v) is 10.8. The molecule has 0 fully saturated rings. The van der Waals surface area contributed by atoms with E-state index in [9.17, 15) is 0 Å². The first-order valence-electron chi connectivity index (χ1n) is 5.12. The predicted molar refractivity (Wildman–Crippen MR) is 66.9 cm³/mol. The summed E-state index contributed by atoms with van der Waals surface area (Å²) in [6.45, 7) is 2.92. The summed E-state index contributed by atoms with van der Waals surface area (Å²) in [5.41, 5.74) is 0.658. The summed E-state index contributed by atoms with van der Waals surface area (Å²) in [5, 5.41) is 3.86. The zero-order valence-electron chi connectivity index (χ0n) is 9.22. The van der Waals surface area contributed by atoms with E-state index in [4.69, 9.17) is 21.1 Å². The molecule has 1 heterocycles. The van der Waals surface area contributed by atoms with Gasteiger partial charge < -0.3 is 9.47 Å². The molecule has 0 saturated heterocycles. The normalized spacial score (nSPS) is 10.2. The van der Waals surface area contributed by atoms with Crippen LogP contribution in [0.2, 0.25) is 4.34 Å². The van der Waals surface area contributed by atoms with Crippen LogP contribution in [0.1, 0.15) is 12.6 Å². The van der Waals surface area contributed by atoms with Crippen molar-refractivity contribution in [2.75, 3.05) is 6.61 Å². The van der Waals surface area contributed by atoms with E-state index in [0.717, 1.165) is 23.0 Å². The minimum atomic E-state index is 0.323. The van der Waals surface area contributed by atoms with E-state index in [0.29, 0.717) is 23.2 Å². The summed E-state index contributed by atoms with van der Waals surface area (Å²) in [6, 6.07) is 7.41. The third-order valence-corrected chi connectivity index (χ3v) is 3.00. The molecule has 0 atom stereocenters. The van der Waals surface area contributed by atoms with E-state index in [1.807, 2.05) is 31.2 Å². The molecule has 0 amide bonds. The molecule has 17 heavy (non-hydrogen) atoms. The maximum Gasteiger partial charge on any atom is 0.141 e. The van der Waals surface area contributed by atoms with Crippen molar-refractivity contribution in [1.29, 1.82) is 0 Å². The van der Waals surface area contributed by atoms with Crippen molar-refractivity contribution in [2.24, 2.45) is 0 Å². The Bertz CT molecular complexity index is 473. The van der Waals surface area contributed by atoms with Gasteiger partial charge in [0.25, 0.3) is 0 Å². The van der Waals surface area contributed by atoms with Gasteiger partial charge in [0.05, 0.1) is 6.61 Å². The van der Waals surface area contributed by atoms with E-state index < -0.39 is 0 Å². The second-order valence-electron chi connectivity index (χ2n) is 3.19. The highest BCUT2D eigenvalue weighted by molar-refractivity contribution is 7.10. The number of hydrogen-bond donors (Lipinski definition) is 0. The molecule has 1 aromatic heterocycles.